The molecule has 2 aromatic rings. The Balaban J connectivity index is 1.83. The van der Waals surface area contributed by atoms with E-state index in [2.05, 4.69) is 6.92 Å². The van der Waals surface area contributed by atoms with E-state index in [-0.39, 0.29) is 5.43 Å². The van der Waals surface area contributed by atoms with Crippen molar-refractivity contribution in [3.8, 4) is 33.9 Å². The second-order valence-corrected chi connectivity index (χ2v) is 8.05. The molecule has 2 aliphatic rings. The van der Waals surface area contributed by atoms with Crippen LogP contribution in [0.25, 0.3) is 33.4 Å². The number of benzene rings is 3. The van der Waals surface area contributed by atoms with Crippen molar-refractivity contribution < 1.29 is 23.4 Å². The predicted molar refractivity (Wildman–Crippen MR) is 132 cm³/mol. The number of unbranched alkanes of at least 4 members (excludes halogenated alkanes) is 2. The molecule has 4 rings (SSSR count). The number of carbonyl (C=O) groups is 1. The Morgan fingerprint density at radius 2 is 1.68 bits per heavy atom. The molecule has 0 bridgehead atoms. The fourth-order valence-electron chi connectivity index (χ4n) is 3.75. The normalized spacial score (nSPS) is 11.0. The number of ether oxygens (including phenoxy) is 3. The summed E-state index contributed by atoms with van der Waals surface area (Å²) in [7, 11) is 0. The highest BCUT2D eigenvalue weighted by molar-refractivity contribution is 6.03. The van der Waals surface area contributed by atoms with Crippen LogP contribution in [0.2, 0.25) is 0 Å². The van der Waals surface area contributed by atoms with Crippen LogP contribution in [0.4, 0.5) is 4.79 Å². The molecule has 0 unspecified atom stereocenters. The van der Waals surface area contributed by atoms with Crippen LogP contribution in [-0.2, 0) is 4.74 Å². The van der Waals surface area contributed by atoms with Gasteiger partial charge in [-0.05, 0) is 43.2 Å². The van der Waals surface area contributed by atoms with Crippen molar-refractivity contribution in [3.05, 3.63) is 70.9 Å². The Morgan fingerprint density at radius 3 is 2.50 bits per heavy atom. The molecule has 176 valence electrons. The molecule has 0 aromatic heterocycles. The first kappa shape index (κ1) is 23.4. The van der Waals surface area contributed by atoms with Gasteiger partial charge in [0.25, 0.3) is 0 Å². The summed E-state index contributed by atoms with van der Waals surface area (Å²) in [6, 6.07) is 17.6. The maximum absolute atomic E-state index is 12.3. The number of fused-ring (bicyclic) bond motifs is 2. The lowest BCUT2D eigenvalue weighted by molar-refractivity contribution is 0.0980. The minimum Gasteiger partial charge on any atom is -0.493 e. The molecular weight excluding hydrogens is 432 g/mol. The van der Waals surface area contributed by atoms with Gasteiger partial charge in [-0.2, -0.15) is 0 Å². The Morgan fingerprint density at radius 1 is 0.882 bits per heavy atom. The second kappa shape index (κ2) is 10.9. The highest BCUT2D eigenvalue weighted by Crippen LogP contribution is 2.43. The molecule has 0 saturated heterocycles. The summed E-state index contributed by atoms with van der Waals surface area (Å²) in [5.41, 5.74) is 2.65. The first-order chi connectivity index (χ1) is 16.6. The lowest BCUT2D eigenvalue weighted by atomic mass is 9.93. The third-order valence-corrected chi connectivity index (χ3v) is 5.50. The summed E-state index contributed by atoms with van der Waals surface area (Å²) in [6.45, 7) is 5.05. The SMILES string of the molecule is CCCCOC(=O)Oc1ccccc1-c1c2ccc(=O)cc-2oc2cc(OCCCC)ccc12. The van der Waals surface area contributed by atoms with Gasteiger partial charge in [0.2, 0.25) is 0 Å². The number of para-hydroxylation sites is 1. The Labute approximate surface area is 198 Å². The summed E-state index contributed by atoms with van der Waals surface area (Å²) >= 11 is 0. The quantitative estimate of drug-likeness (QED) is 0.115. The second-order valence-electron chi connectivity index (χ2n) is 8.05. The van der Waals surface area contributed by atoms with E-state index in [1.54, 1.807) is 18.2 Å². The molecule has 0 N–H and O–H groups in total. The largest absolute Gasteiger partial charge is 0.513 e. The number of hydrogen-bond acceptors (Lipinski definition) is 6. The summed E-state index contributed by atoms with van der Waals surface area (Å²) in [5, 5.41) is 0.810. The maximum Gasteiger partial charge on any atom is 0.513 e. The van der Waals surface area contributed by atoms with Gasteiger partial charge in [-0.3, -0.25) is 4.79 Å². The first-order valence-corrected chi connectivity index (χ1v) is 11.7. The maximum atomic E-state index is 12.3. The molecule has 1 heterocycles. The predicted octanol–water partition coefficient (Wildman–Crippen LogP) is 7.06. The van der Waals surface area contributed by atoms with E-state index in [0.717, 1.165) is 42.2 Å². The van der Waals surface area contributed by atoms with E-state index >= 15 is 0 Å². The number of hydrogen-bond donors (Lipinski definition) is 0. The van der Waals surface area contributed by atoms with E-state index in [9.17, 15) is 9.59 Å². The van der Waals surface area contributed by atoms with Crippen LogP contribution in [0, 0.1) is 0 Å². The highest BCUT2D eigenvalue weighted by atomic mass is 16.7. The zero-order chi connectivity index (χ0) is 23.9. The van der Waals surface area contributed by atoms with Crippen molar-refractivity contribution in [1.29, 1.82) is 0 Å². The van der Waals surface area contributed by atoms with Gasteiger partial charge in [-0.15, -0.1) is 0 Å². The summed E-state index contributed by atoms with van der Waals surface area (Å²) in [5.74, 6) is 1.51. The standard InChI is InChI=1S/C28H28O6/c1-3-5-15-31-20-12-14-23-26(18-20)33-25-17-19(29)11-13-22(25)27(23)21-9-7-8-10-24(21)34-28(30)32-16-6-4-2/h7-14,17-18H,3-6,15-16H2,1-2H3. The molecule has 6 heteroatoms. The molecule has 2 aromatic carbocycles. The summed E-state index contributed by atoms with van der Waals surface area (Å²) < 4.78 is 22.7. The zero-order valence-electron chi connectivity index (χ0n) is 19.5. The van der Waals surface area contributed by atoms with E-state index in [1.165, 1.54) is 12.1 Å². The monoisotopic (exact) mass is 460 g/mol. The van der Waals surface area contributed by atoms with Crippen LogP contribution in [0.3, 0.4) is 0 Å². The highest BCUT2D eigenvalue weighted by Gasteiger charge is 2.21. The average Bonchev–Trinajstić information content (AvgIpc) is 2.83. The summed E-state index contributed by atoms with van der Waals surface area (Å²) in [4.78, 5) is 24.4. The van der Waals surface area contributed by atoms with Gasteiger partial charge >= 0.3 is 6.16 Å². The minimum atomic E-state index is -0.747. The lowest BCUT2D eigenvalue weighted by Crippen LogP contribution is -2.12. The van der Waals surface area contributed by atoms with E-state index in [0.29, 0.717) is 41.6 Å². The van der Waals surface area contributed by atoms with Crippen molar-refractivity contribution in [2.75, 3.05) is 13.2 Å². The van der Waals surface area contributed by atoms with Crippen molar-refractivity contribution in [2.45, 2.75) is 39.5 Å². The Hall–Kier alpha value is -3.80. The number of carbonyl (C=O) groups excluding carboxylic acids is 1. The molecule has 0 amide bonds. The average molecular weight is 461 g/mol. The number of rotatable bonds is 9. The van der Waals surface area contributed by atoms with Crippen LogP contribution in [0.1, 0.15) is 39.5 Å². The van der Waals surface area contributed by atoms with Crippen LogP contribution >= 0.6 is 0 Å². The van der Waals surface area contributed by atoms with Crippen molar-refractivity contribution in [1.82, 2.24) is 0 Å². The van der Waals surface area contributed by atoms with Crippen LogP contribution in [0.5, 0.6) is 11.5 Å². The van der Waals surface area contributed by atoms with Crippen LogP contribution in [-0.4, -0.2) is 19.4 Å². The smallest absolute Gasteiger partial charge is 0.493 e. The van der Waals surface area contributed by atoms with Gasteiger partial charge in [0.05, 0.1) is 13.2 Å². The van der Waals surface area contributed by atoms with Gasteiger partial charge in [0.15, 0.2) is 5.43 Å². The fraction of sp³-hybridized carbons (Fsp3) is 0.286. The molecule has 1 aliphatic heterocycles. The molecule has 0 saturated carbocycles. The van der Waals surface area contributed by atoms with E-state index < -0.39 is 6.16 Å². The van der Waals surface area contributed by atoms with Crippen molar-refractivity contribution in [3.63, 3.8) is 0 Å². The topological polar surface area (TPSA) is 75.0 Å². The first-order valence-electron chi connectivity index (χ1n) is 11.7. The molecule has 6 nitrogen and oxygen atoms in total. The van der Waals surface area contributed by atoms with Gasteiger partial charge in [-0.25, -0.2) is 4.79 Å². The van der Waals surface area contributed by atoms with E-state index in [4.69, 9.17) is 18.6 Å². The molecule has 0 radical (unpaired) electrons. The van der Waals surface area contributed by atoms with Gasteiger partial charge in [-0.1, -0.05) is 44.9 Å². The lowest BCUT2D eigenvalue weighted by Gasteiger charge is -2.18. The molecule has 1 aliphatic carbocycles. The van der Waals surface area contributed by atoms with Gasteiger partial charge in [0, 0.05) is 34.2 Å². The minimum absolute atomic E-state index is 0.152. The van der Waals surface area contributed by atoms with Crippen LogP contribution in [0.15, 0.2) is 69.9 Å². The zero-order valence-corrected chi connectivity index (χ0v) is 19.5. The van der Waals surface area contributed by atoms with Gasteiger partial charge in [0.1, 0.15) is 22.8 Å². The summed E-state index contributed by atoms with van der Waals surface area (Å²) in [6.07, 6.45) is 2.93. The third kappa shape index (κ3) is 5.22. The van der Waals surface area contributed by atoms with Crippen molar-refractivity contribution in [2.24, 2.45) is 0 Å². The van der Waals surface area contributed by atoms with Gasteiger partial charge < -0.3 is 18.6 Å². The fourth-order valence-corrected chi connectivity index (χ4v) is 3.75. The van der Waals surface area contributed by atoms with E-state index in [1.807, 2.05) is 37.3 Å². The third-order valence-electron chi connectivity index (χ3n) is 5.50. The molecule has 0 fully saturated rings. The molecule has 0 atom stereocenters. The van der Waals surface area contributed by atoms with Crippen molar-refractivity contribution >= 4 is 17.1 Å². The Bertz CT molecular complexity index is 1310. The molecule has 34 heavy (non-hydrogen) atoms. The van der Waals surface area contributed by atoms with Crippen LogP contribution < -0.4 is 14.9 Å². The molecule has 0 spiro atoms. The Kier molecular flexibility index (Phi) is 7.48. The molecular formula is C28H28O6.